The number of halogens is 1. The predicted molar refractivity (Wildman–Crippen MR) is 78.5 cm³/mol. The van der Waals surface area contributed by atoms with Crippen LogP contribution in [0.5, 0.6) is 0 Å². The molecule has 3 aromatic rings. The largest absolute Gasteiger partial charge is 0.475 e. The summed E-state index contributed by atoms with van der Waals surface area (Å²) in [6.07, 6.45) is 2.56. The predicted octanol–water partition coefficient (Wildman–Crippen LogP) is 2.72. The van der Waals surface area contributed by atoms with Gasteiger partial charge < -0.3 is 5.11 Å². The summed E-state index contributed by atoms with van der Waals surface area (Å²) in [5.74, 6) is -1.59. The highest BCUT2D eigenvalue weighted by Gasteiger charge is 2.18. The monoisotopic (exact) mass is 299 g/mol. The zero-order valence-electron chi connectivity index (χ0n) is 12.0. The molecule has 0 unspecified atom stereocenters. The summed E-state index contributed by atoms with van der Waals surface area (Å²) in [6, 6.07) is 8.13. The lowest BCUT2D eigenvalue weighted by molar-refractivity contribution is 0.0682. The first-order valence-corrected chi connectivity index (χ1v) is 6.93. The maximum Gasteiger partial charge on any atom is 0.372 e. The van der Waals surface area contributed by atoms with Crippen molar-refractivity contribution >= 4 is 11.6 Å². The number of benzene rings is 1. The highest BCUT2D eigenvalue weighted by atomic mass is 19.1. The van der Waals surface area contributed by atoms with Crippen molar-refractivity contribution in [1.82, 2.24) is 14.4 Å². The minimum Gasteiger partial charge on any atom is -0.475 e. The van der Waals surface area contributed by atoms with E-state index in [-0.39, 0.29) is 18.1 Å². The molecule has 0 amide bonds. The Balaban J connectivity index is 2.16. The van der Waals surface area contributed by atoms with E-state index in [1.165, 1.54) is 10.5 Å². The minimum absolute atomic E-state index is 0.114. The van der Waals surface area contributed by atoms with Crippen LogP contribution in [-0.2, 0) is 12.8 Å². The fourth-order valence-corrected chi connectivity index (χ4v) is 2.35. The van der Waals surface area contributed by atoms with Crippen LogP contribution in [-0.4, -0.2) is 25.4 Å². The first-order chi connectivity index (χ1) is 10.6. The maximum absolute atomic E-state index is 13.8. The Morgan fingerprint density at radius 3 is 2.73 bits per heavy atom. The van der Waals surface area contributed by atoms with Crippen molar-refractivity contribution < 1.29 is 14.3 Å². The summed E-state index contributed by atoms with van der Waals surface area (Å²) >= 11 is 0. The van der Waals surface area contributed by atoms with Crippen LogP contribution >= 0.6 is 0 Å². The van der Waals surface area contributed by atoms with E-state index in [1.807, 2.05) is 6.92 Å². The highest BCUT2D eigenvalue weighted by Crippen LogP contribution is 2.18. The van der Waals surface area contributed by atoms with Gasteiger partial charge in [0, 0.05) is 18.3 Å². The van der Waals surface area contributed by atoms with Gasteiger partial charge in [-0.25, -0.2) is 19.2 Å². The quantitative estimate of drug-likeness (QED) is 0.804. The fourth-order valence-electron chi connectivity index (χ4n) is 2.35. The number of nitrogens with zero attached hydrogens (tertiary/aromatic N) is 3. The number of aromatic nitrogens is 3. The first-order valence-electron chi connectivity index (χ1n) is 6.93. The van der Waals surface area contributed by atoms with Crippen LogP contribution in [0, 0.1) is 5.82 Å². The zero-order chi connectivity index (χ0) is 15.7. The smallest absolute Gasteiger partial charge is 0.372 e. The third-order valence-corrected chi connectivity index (χ3v) is 3.49. The Kier molecular flexibility index (Phi) is 3.58. The summed E-state index contributed by atoms with van der Waals surface area (Å²) in [5, 5.41) is 9.26. The second-order valence-corrected chi connectivity index (χ2v) is 4.92. The molecule has 5 nitrogen and oxygen atoms in total. The molecule has 0 aliphatic heterocycles. The van der Waals surface area contributed by atoms with E-state index in [1.54, 1.807) is 30.5 Å². The highest BCUT2D eigenvalue weighted by molar-refractivity contribution is 5.85. The molecule has 6 heteroatoms. The van der Waals surface area contributed by atoms with Gasteiger partial charge in [-0.1, -0.05) is 25.1 Å². The number of hydrogen-bond donors (Lipinski definition) is 1. The van der Waals surface area contributed by atoms with E-state index in [0.29, 0.717) is 16.9 Å². The summed E-state index contributed by atoms with van der Waals surface area (Å²) in [7, 11) is 0. The zero-order valence-corrected chi connectivity index (χ0v) is 12.0. The molecule has 0 aliphatic carbocycles. The van der Waals surface area contributed by atoms with Crippen molar-refractivity contribution in [2.75, 3.05) is 0 Å². The molecular weight excluding hydrogens is 285 g/mol. The van der Waals surface area contributed by atoms with Crippen LogP contribution < -0.4 is 0 Å². The molecule has 22 heavy (non-hydrogen) atoms. The number of aromatic carboxylic acids is 1. The molecule has 2 heterocycles. The molecule has 0 saturated heterocycles. The summed E-state index contributed by atoms with van der Waals surface area (Å²) in [6.45, 7) is 1.96. The number of carbonyl (C=O) groups is 1. The van der Waals surface area contributed by atoms with Gasteiger partial charge in [0.1, 0.15) is 5.82 Å². The second-order valence-electron chi connectivity index (χ2n) is 4.92. The number of hydrogen-bond acceptors (Lipinski definition) is 3. The van der Waals surface area contributed by atoms with Crippen LogP contribution in [0.4, 0.5) is 4.39 Å². The number of fused-ring (bicyclic) bond motifs is 1. The van der Waals surface area contributed by atoms with E-state index in [9.17, 15) is 14.3 Å². The molecule has 0 atom stereocenters. The molecule has 1 N–H and O–H groups in total. The maximum atomic E-state index is 13.8. The van der Waals surface area contributed by atoms with Gasteiger partial charge in [0.15, 0.2) is 5.65 Å². The number of imidazole rings is 1. The molecule has 0 fully saturated rings. The average molecular weight is 299 g/mol. The average Bonchev–Trinajstić information content (AvgIpc) is 2.88. The summed E-state index contributed by atoms with van der Waals surface area (Å²) in [5.41, 5.74) is 2.21. The standard InChI is InChI=1S/C16H14FN3O2/c1-2-11-7-8-20-14(18-11)13(19-15(20)16(21)22)9-10-5-3-4-6-12(10)17/h3-8H,2,9H2,1H3,(H,21,22). The van der Waals surface area contributed by atoms with Crippen molar-refractivity contribution in [3.63, 3.8) is 0 Å². The lowest BCUT2D eigenvalue weighted by Gasteiger charge is -2.02. The van der Waals surface area contributed by atoms with Crippen molar-refractivity contribution in [3.05, 3.63) is 65.1 Å². The summed E-state index contributed by atoms with van der Waals surface area (Å²) in [4.78, 5) is 19.9. The van der Waals surface area contributed by atoms with E-state index >= 15 is 0 Å². The molecule has 1 aromatic carbocycles. The van der Waals surface area contributed by atoms with Crippen molar-refractivity contribution in [3.8, 4) is 0 Å². The Morgan fingerprint density at radius 2 is 2.05 bits per heavy atom. The number of carboxylic acids is 1. The Labute approximate surface area is 126 Å². The second kappa shape index (κ2) is 5.55. The molecular formula is C16H14FN3O2. The van der Waals surface area contributed by atoms with Gasteiger partial charge in [0.05, 0.1) is 5.69 Å². The minimum atomic E-state index is -1.14. The molecule has 3 rings (SSSR count). The molecule has 0 aliphatic rings. The van der Waals surface area contributed by atoms with Gasteiger partial charge in [-0.3, -0.25) is 4.40 Å². The van der Waals surface area contributed by atoms with Gasteiger partial charge in [-0.2, -0.15) is 0 Å². The van der Waals surface area contributed by atoms with Crippen LogP contribution in [0.25, 0.3) is 5.65 Å². The summed E-state index contributed by atoms with van der Waals surface area (Å²) < 4.78 is 15.2. The van der Waals surface area contributed by atoms with E-state index in [4.69, 9.17) is 0 Å². The lowest BCUT2D eigenvalue weighted by atomic mass is 10.1. The van der Waals surface area contributed by atoms with Crippen LogP contribution in [0.3, 0.4) is 0 Å². The van der Waals surface area contributed by atoms with Crippen molar-refractivity contribution in [2.24, 2.45) is 0 Å². The number of carboxylic acid groups (broad SMARTS) is 1. The third kappa shape index (κ3) is 2.43. The van der Waals surface area contributed by atoms with Gasteiger partial charge in [-0.15, -0.1) is 0 Å². The van der Waals surface area contributed by atoms with Crippen molar-refractivity contribution in [1.29, 1.82) is 0 Å². The Bertz CT molecular complexity index is 858. The molecule has 0 radical (unpaired) electrons. The van der Waals surface area contributed by atoms with E-state index in [0.717, 1.165) is 12.1 Å². The molecule has 0 spiro atoms. The molecule has 2 aromatic heterocycles. The van der Waals surface area contributed by atoms with Crippen LogP contribution in [0.2, 0.25) is 0 Å². The number of rotatable bonds is 4. The Hall–Kier alpha value is -2.76. The first kappa shape index (κ1) is 14.2. The lowest BCUT2D eigenvalue weighted by Crippen LogP contribution is -2.04. The SMILES string of the molecule is CCc1ccn2c(C(=O)O)nc(Cc3ccccc3F)c2n1. The van der Waals surface area contributed by atoms with Gasteiger partial charge in [0.25, 0.3) is 0 Å². The Morgan fingerprint density at radius 1 is 1.27 bits per heavy atom. The van der Waals surface area contributed by atoms with Crippen LogP contribution in [0.1, 0.15) is 34.5 Å². The van der Waals surface area contributed by atoms with Crippen molar-refractivity contribution in [2.45, 2.75) is 19.8 Å². The normalized spacial score (nSPS) is 11.0. The van der Waals surface area contributed by atoms with E-state index in [2.05, 4.69) is 9.97 Å². The van der Waals surface area contributed by atoms with Crippen LogP contribution in [0.15, 0.2) is 36.5 Å². The van der Waals surface area contributed by atoms with Gasteiger partial charge in [-0.05, 0) is 24.1 Å². The van der Waals surface area contributed by atoms with E-state index < -0.39 is 5.97 Å². The molecule has 112 valence electrons. The van der Waals surface area contributed by atoms with Gasteiger partial charge >= 0.3 is 5.97 Å². The molecule has 0 bridgehead atoms. The topological polar surface area (TPSA) is 67.5 Å². The number of aryl methyl sites for hydroxylation is 1. The third-order valence-electron chi connectivity index (χ3n) is 3.49. The molecule has 0 saturated carbocycles. The fraction of sp³-hybridized carbons (Fsp3) is 0.188. The van der Waals surface area contributed by atoms with Gasteiger partial charge in [0.2, 0.25) is 5.82 Å².